The Hall–Kier alpha value is -3.53. The van der Waals surface area contributed by atoms with E-state index in [9.17, 15) is 14.4 Å². The van der Waals surface area contributed by atoms with Crippen molar-refractivity contribution in [3.8, 4) is 23.0 Å². The molecule has 0 saturated carbocycles. The lowest BCUT2D eigenvalue weighted by molar-refractivity contribution is -0.123. The summed E-state index contributed by atoms with van der Waals surface area (Å²) in [5, 5.41) is 4.04. The number of rotatable bonds is 8. The summed E-state index contributed by atoms with van der Waals surface area (Å²) in [4.78, 5) is 35.0. The van der Waals surface area contributed by atoms with Gasteiger partial charge in [-0.3, -0.25) is 20.2 Å². The van der Waals surface area contributed by atoms with Gasteiger partial charge in [0.1, 0.15) is 18.8 Å². The van der Waals surface area contributed by atoms with Crippen LogP contribution in [0.3, 0.4) is 0 Å². The molecule has 0 aliphatic carbocycles. The number of barbiturate groups is 1. The van der Waals surface area contributed by atoms with Gasteiger partial charge in [0.15, 0.2) is 23.0 Å². The second kappa shape index (κ2) is 9.98. The van der Waals surface area contributed by atoms with E-state index in [0.717, 1.165) is 0 Å². The Morgan fingerprint density at radius 2 is 1.48 bits per heavy atom. The minimum absolute atomic E-state index is 0.201. The number of hydrogen-bond acceptors (Lipinski definition) is 7. The highest BCUT2D eigenvalue weighted by molar-refractivity contribution is 9.10. The first-order valence-corrected chi connectivity index (χ1v) is 9.86. The number of para-hydroxylation sites is 2. The van der Waals surface area contributed by atoms with E-state index in [1.807, 2.05) is 22.8 Å². The summed E-state index contributed by atoms with van der Waals surface area (Å²) in [6.45, 7) is 0.483. The molecule has 2 N–H and O–H groups in total. The van der Waals surface area contributed by atoms with Crippen LogP contribution in [0.2, 0.25) is 0 Å². The van der Waals surface area contributed by atoms with E-state index < -0.39 is 17.8 Å². The second-order valence-corrected chi connectivity index (χ2v) is 7.03. The Kier molecular flexibility index (Phi) is 7.14. The Morgan fingerprint density at radius 3 is 2.13 bits per heavy atom. The van der Waals surface area contributed by atoms with Crippen molar-refractivity contribution in [1.82, 2.24) is 10.6 Å². The first-order chi connectivity index (χ1) is 14.9. The number of imide groups is 2. The number of urea groups is 1. The van der Waals surface area contributed by atoms with Crippen LogP contribution in [0.15, 0.2) is 46.4 Å². The maximum Gasteiger partial charge on any atom is 0.328 e. The van der Waals surface area contributed by atoms with Crippen molar-refractivity contribution in [3.05, 3.63) is 52.0 Å². The second-order valence-electron chi connectivity index (χ2n) is 6.18. The van der Waals surface area contributed by atoms with Crippen molar-refractivity contribution < 1.29 is 33.3 Å². The molecule has 1 heterocycles. The van der Waals surface area contributed by atoms with E-state index in [1.54, 1.807) is 31.4 Å². The summed E-state index contributed by atoms with van der Waals surface area (Å²) in [5.41, 5.74) is 0.295. The maximum atomic E-state index is 11.9. The Morgan fingerprint density at radius 1 is 0.871 bits per heavy atom. The number of halogens is 1. The third kappa shape index (κ3) is 5.34. The molecule has 2 aromatic carbocycles. The molecular weight excluding hydrogens is 472 g/mol. The van der Waals surface area contributed by atoms with Crippen molar-refractivity contribution in [1.29, 1.82) is 0 Å². The molecule has 0 atom stereocenters. The van der Waals surface area contributed by atoms with Gasteiger partial charge in [0.25, 0.3) is 11.8 Å². The van der Waals surface area contributed by atoms with E-state index in [-0.39, 0.29) is 18.8 Å². The Balaban J connectivity index is 1.71. The van der Waals surface area contributed by atoms with Crippen LogP contribution in [-0.2, 0) is 9.59 Å². The van der Waals surface area contributed by atoms with Crippen LogP contribution in [-0.4, -0.2) is 45.3 Å². The number of hydrogen-bond donors (Lipinski definition) is 2. The summed E-state index contributed by atoms with van der Waals surface area (Å²) in [6, 6.07) is 9.68. The lowest BCUT2D eigenvalue weighted by Crippen LogP contribution is -2.51. The molecule has 9 nitrogen and oxygen atoms in total. The lowest BCUT2D eigenvalue weighted by Gasteiger charge is -2.16. The van der Waals surface area contributed by atoms with Gasteiger partial charge in [0.2, 0.25) is 0 Å². The molecule has 3 rings (SSSR count). The fourth-order valence-electron chi connectivity index (χ4n) is 2.77. The number of methoxy groups -OCH3 is 2. The van der Waals surface area contributed by atoms with Crippen LogP contribution < -0.4 is 29.6 Å². The van der Waals surface area contributed by atoms with Gasteiger partial charge in [0.05, 0.1) is 18.7 Å². The summed E-state index contributed by atoms with van der Waals surface area (Å²) in [5.74, 6) is 0.475. The van der Waals surface area contributed by atoms with Crippen LogP contribution in [0.4, 0.5) is 4.79 Å². The van der Waals surface area contributed by atoms with Gasteiger partial charge in [-0.2, -0.15) is 0 Å². The first-order valence-electron chi connectivity index (χ1n) is 9.07. The highest BCUT2D eigenvalue weighted by Crippen LogP contribution is 2.37. The maximum absolute atomic E-state index is 11.9. The van der Waals surface area contributed by atoms with Gasteiger partial charge in [-0.25, -0.2) is 4.79 Å². The predicted octanol–water partition coefficient (Wildman–Crippen LogP) is 2.67. The smallest absolute Gasteiger partial charge is 0.328 e. The molecule has 10 heteroatoms. The monoisotopic (exact) mass is 490 g/mol. The number of amides is 4. The molecule has 1 aliphatic rings. The number of nitrogens with one attached hydrogen (secondary N) is 2. The molecule has 31 heavy (non-hydrogen) atoms. The Labute approximate surface area is 186 Å². The molecule has 162 valence electrons. The molecule has 2 aromatic rings. The molecule has 0 unspecified atom stereocenters. The average molecular weight is 491 g/mol. The van der Waals surface area contributed by atoms with Crippen molar-refractivity contribution in [2.45, 2.75) is 0 Å². The summed E-state index contributed by atoms with van der Waals surface area (Å²) >= 11 is 3.41. The molecular formula is C21H19BrN2O7. The average Bonchev–Trinajstić information content (AvgIpc) is 2.74. The number of benzene rings is 2. The van der Waals surface area contributed by atoms with Crippen LogP contribution in [0.5, 0.6) is 23.0 Å². The van der Waals surface area contributed by atoms with E-state index >= 15 is 0 Å². The van der Waals surface area contributed by atoms with Gasteiger partial charge < -0.3 is 18.9 Å². The van der Waals surface area contributed by atoms with Crippen LogP contribution in [0.25, 0.3) is 6.08 Å². The van der Waals surface area contributed by atoms with Crippen molar-refractivity contribution in [2.24, 2.45) is 0 Å². The number of ether oxygens (including phenoxy) is 4. The zero-order valence-electron chi connectivity index (χ0n) is 16.7. The Bertz CT molecular complexity index is 1030. The molecule has 4 amide bonds. The number of carbonyl (C=O) groups excluding carboxylic acids is 3. The molecule has 1 fully saturated rings. The summed E-state index contributed by atoms with van der Waals surface area (Å²) < 4.78 is 22.6. The number of carbonyl (C=O) groups is 3. The van der Waals surface area contributed by atoms with Crippen molar-refractivity contribution in [2.75, 3.05) is 27.4 Å². The van der Waals surface area contributed by atoms with Gasteiger partial charge >= 0.3 is 6.03 Å². The van der Waals surface area contributed by atoms with E-state index in [2.05, 4.69) is 15.9 Å². The van der Waals surface area contributed by atoms with Crippen molar-refractivity contribution >= 4 is 39.9 Å². The van der Waals surface area contributed by atoms with Gasteiger partial charge in [-0.15, -0.1) is 0 Å². The van der Waals surface area contributed by atoms with E-state index in [1.165, 1.54) is 13.2 Å². The van der Waals surface area contributed by atoms with Crippen molar-refractivity contribution in [3.63, 3.8) is 0 Å². The zero-order chi connectivity index (χ0) is 22.4. The quantitative estimate of drug-likeness (QED) is 0.332. The molecule has 0 aromatic heterocycles. The zero-order valence-corrected chi connectivity index (χ0v) is 18.3. The topological polar surface area (TPSA) is 112 Å². The van der Waals surface area contributed by atoms with Crippen LogP contribution in [0, 0.1) is 0 Å². The van der Waals surface area contributed by atoms with Gasteiger partial charge in [0, 0.05) is 0 Å². The minimum atomic E-state index is -0.856. The molecule has 1 aliphatic heterocycles. The first kappa shape index (κ1) is 22.2. The summed E-state index contributed by atoms with van der Waals surface area (Å²) in [6.07, 6.45) is 1.35. The third-order valence-corrected chi connectivity index (χ3v) is 4.75. The molecule has 0 spiro atoms. The normalized spacial score (nSPS) is 13.3. The molecule has 0 bridgehead atoms. The SMILES string of the molecule is COc1ccccc1OCCOc1c(Br)cc(C=C2C(=O)NC(=O)NC2=O)cc1OC. The molecule has 0 radical (unpaired) electrons. The van der Waals surface area contributed by atoms with Crippen LogP contribution >= 0.6 is 15.9 Å². The highest BCUT2D eigenvalue weighted by Gasteiger charge is 2.27. The lowest BCUT2D eigenvalue weighted by atomic mass is 10.1. The fraction of sp³-hybridized carbons (Fsp3) is 0.190. The van der Waals surface area contributed by atoms with Gasteiger partial charge in [-0.1, -0.05) is 12.1 Å². The predicted molar refractivity (Wildman–Crippen MR) is 114 cm³/mol. The van der Waals surface area contributed by atoms with Gasteiger partial charge in [-0.05, 0) is 51.8 Å². The third-order valence-electron chi connectivity index (χ3n) is 4.16. The summed E-state index contributed by atoms with van der Waals surface area (Å²) in [7, 11) is 3.03. The minimum Gasteiger partial charge on any atom is -0.493 e. The van der Waals surface area contributed by atoms with E-state index in [0.29, 0.717) is 33.0 Å². The highest BCUT2D eigenvalue weighted by atomic mass is 79.9. The largest absolute Gasteiger partial charge is 0.493 e. The fourth-order valence-corrected chi connectivity index (χ4v) is 3.34. The van der Waals surface area contributed by atoms with E-state index in [4.69, 9.17) is 18.9 Å². The standard InChI is InChI=1S/C21H19BrN2O7/c1-28-15-5-3-4-6-16(15)30-7-8-31-18-14(22)10-12(11-17(18)29-2)9-13-19(25)23-21(27)24-20(13)26/h3-6,9-11H,7-8H2,1-2H3,(H2,23,24,25,26,27). The van der Waals surface area contributed by atoms with Crippen LogP contribution in [0.1, 0.15) is 5.56 Å². The molecule has 1 saturated heterocycles.